The number of unbranched alkanes of at least 4 members (excludes halogenated alkanes) is 6. The number of hydrogen-bond donors (Lipinski definition) is 2. The molecule has 0 saturated carbocycles. The second-order valence-corrected chi connectivity index (χ2v) is 10.4. The van der Waals surface area contributed by atoms with Crippen LogP contribution in [0.4, 0.5) is 0 Å². The molecule has 0 aliphatic carbocycles. The van der Waals surface area contributed by atoms with Crippen molar-refractivity contribution in [1.29, 1.82) is 0 Å². The highest BCUT2D eigenvalue weighted by Crippen LogP contribution is 2.43. The van der Waals surface area contributed by atoms with Gasteiger partial charge in [0.15, 0.2) is 0 Å². The Bertz CT molecular complexity index is 1000. The molecule has 0 aliphatic rings. The second-order valence-electron chi connectivity index (χ2n) is 10.4. The molecule has 198 valence electrons. The third kappa shape index (κ3) is 7.85. The van der Waals surface area contributed by atoms with Crippen LogP contribution in [0, 0.1) is 13.8 Å². The summed E-state index contributed by atoms with van der Waals surface area (Å²) in [5.41, 5.74) is 2.28. The first-order chi connectivity index (χ1) is 17.4. The molecular weight excluding hydrogens is 448 g/mol. The van der Waals surface area contributed by atoms with Gasteiger partial charge in [0.1, 0.15) is 24.7 Å². The van der Waals surface area contributed by atoms with Crippen molar-refractivity contribution in [3.63, 3.8) is 0 Å². The molecule has 0 heterocycles. The number of aryl methyl sites for hydroxylation is 2. The summed E-state index contributed by atoms with van der Waals surface area (Å²) < 4.78 is 12.7. The van der Waals surface area contributed by atoms with Crippen LogP contribution >= 0.6 is 0 Å². The molecule has 0 aromatic heterocycles. The van der Waals surface area contributed by atoms with Crippen molar-refractivity contribution in [2.75, 3.05) is 13.2 Å². The van der Waals surface area contributed by atoms with E-state index in [0.29, 0.717) is 0 Å². The highest BCUT2D eigenvalue weighted by atomic mass is 16.5. The van der Waals surface area contributed by atoms with Gasteiger partial charge in [-0.25, -0.2) is 0 Å². The van der Waals surface area contributed by atoms with E-state index in [1.807, 2.05) is 0 Å². The molecule has 0 spiro atoms. The number of benzene rings is 3. The molecule has 4 heteroatoms. The van der Waals surface area contributed by atoms with E-state index in [4.69, 9.17) is 9.47 Å². The zero-order valence-corrected chi connectivity index (χ0v) is 22.8. The Balaban J connectivity index is 1.89. The van der Waals surface area contributed by atoms with Gasteiger partial charge >= 0.3 is 0 Å². The van der Waals surface area contributed by atoms with Crippen molar-refractivity contribution in [1.82, 2.24) is 0 Å². The summed E-state index contributed by atoms with van der Waals surface area (Å²) in [6.07, 6.45) is 9.66. The molecule has 2 N–H and O–H groups in total. The molecule has 2 atom stereocenters. The van der Waals surface area contributed by atoms with Crippen LogP contribution in [0.2, 0.25) is 0 Å². The fourth-order valence-corrected chi connectivity index (χ4v) is 4.83. The van der Waals surface area contributed by atoms with Gasteiger partial charge in [-0.2, -0.15) is 0 Å². The van der Waals surface area contributed by atoms with Crippen LogP contribution in [0.25, 0.3) is 21.5 Å². The average Bonchev–Trinajstić information content (AvgIpc) is 2.86. The number of hydrogen-bond acceptors (Lipinski definition) is 4. The second kappa shape index (κ2) is 14.4. The Morgan fingerprint density at radius 1 is 0.583 bits per heavy atom. The molecule has 36 heavy (non-hydrogen) atoms. The first kappa shape index (κ1) is 28.3. The van der Waals surface area contributed by atoms with Gasteiger partial charge in [-0.15, -0.1) is 0 Å². The van der Waals surface area contributed by atoms with Crippen LogP contribution in [0.5, 0.6) is 11.5 Å². The van der Waals surface area contributed by atoms with Gasteiger partial charge in [-0.05, 0) is 38.8 Å². The molecule has 2 unspecified atom stereocenters. The van der Waals surface area contributed by atoms with Crippen LogP contribution in [-0.4, -0.2) is 35.6 Å². The van der Waals surface area contributed by atoms with Crippen molar-refractivity contribution in [2.24, 2.45) is 0 Å². The van der Waals surface area contributed by atoms with E-state index in [2.05, 4.69) is 64.1 Å². The average molecular weight is 495 g/mol. The lowest BCUT2D eigenvalue weighted by atomic mass is 9.97. The lowest BCUT2D eigenvalue weighted by Gasteiger charge is -2.21. The number of aliphatic hydroxyl groups excluding tert-OH is 2. The van der Waals surface area contributed by atoms with Gasteiger partial charge in [0, 0.05) is 21.5 Å². The first-order valence-electron chi connectivity index (χ1n) is 14.0. The minimum absolute atomic E-state index is 0.273. The smallest absolute Gasteiger partial charge is 0.135 e. The standard InChI is InChI=1S/C32H46O4/c1-5-7-9-11-13-25(33)21-35-31-27-17-15-24(4)20-30(27)32(28-18-16-23(3)19-29(28)31)36-22-26(34)14-12-10-8-6-2/h15-20,25-26,33-34H,5-14,21-22H2,1-4H3. The van der Waals surface area contributed by atoms with Crippen LogP contribution in [-0.2, 0) is 0 Å². The van der Waals surface area contributed by atoms with Crippen LogP contribution in [0.3, 0.4) is 0 Å². The molecular formula is C32H46O4. The van der Waals surface area contributed by atoms with Crippen molar-refractivity contribution in [3.05, 3.63) is 47.5 Å². The molecule has 0 aliphatic heterocycles. The molecule has 0 saturated heterocycles. The fraction of sp³-hybridized carbons (Fsp3) is 0.562. The number of fused-ring (bicyclic) bond motifs is 2. The summed E-state index contributed by atoms with van der Waals surface area (Å²) in [6.45, 7) is 9.09. The van der Waals surface area contributed by atoms with Gasteiger partial charge in [0.2, 0.25) is 0 Å². The Morgan fingerprint density at radius 2 is 1.00 bits per heavy atom. The van der Waals surface area contributed by atoms with E-state index in [1.165, 1.54) is 25.7 Å². The van der Waals surface area contributed by atoms with Crippen molar-refractivity contribution in [3.8, 4) is 11.5 Å². The topological polar surface area (TPSA) is 58.9 Å². The lowest BCUT2D eigenvalue weighted by Crippen LogP contribution is -2.18. The van der Waals surface area contributed by atoms with Gasteiger partial charge in [0.05, 0.1) is 12.2 Å². The molecule has 0 bridgehead atoms. The Hall–Kier alpha value is -2.30. The molecule has 3 rings (SSSR count). The van der Waals surface area contributed by atoms with Gasteiger partial charge in [-0.3, -0.25) is 0 Å². The maximum atomic E-state index is 10.6. The molecule has 0 amide bonds. The Kier molecular flexibility index (Phi) is 11.3. The van der Waals surface area contributed by atoms with E-state index in [1.54, 1.807) is 0 Å². The van der Waals surface area contributed by atoms with Crippen LogP contribution < -0.4 is 9.47 Å². The van der Waals surface area contributed by atoms with Gasteiger partial charge < -0.3 is 19.7 Å². The monoisotopic (exact) mass is 494 g/mol. The van der Waals surface area contributed by atoms with E-state index in [0.717, 1.165) is 82.7 Å². The third-order valence-corrected chi connectivity index (χ3v) is 6.95. The molecule has 3 aromatic carbocycles. The van der Waals surface area contributed by atoms with E-state index < -0.39 is 12.2 Å². The molecule has 0 fully saturated rings. The van der Waals surface area contributed by atoms with Gasteiger partial charge in [0.25, 0.3) is 0 Å². The normalized spacial score (nSPS) is 13.3. The largest absolute Gasteiger partial charge is 0.490 e. The maximum absolute atomic E-state index is 10.6. The Morgan fingerprint density at radius 3 is 1.39 bits per heavy atom. The molecule has 0 radical (unpaired) electrons. The third-order valence-electron chi connectivity index (χ3n) is 6.95. The summed E-state index contributed by atoms with van der Waals surface area (Å²) in [5.74, 6) is 1.59. The minimum Gasteiger partial charge on any atom is -0.490 e. The maximum Gasteiger partial charge on any atom is 0.135 e. The minimum atomic E-state index is -0.485. The predicted octanol–water partition coefficient (Wildman–Crippen LogP) is 8.03. The summed E-state index contributed by atoms with van der Waals surface area (Å²) in [6, 6.07) is 12.6. The quantitative estimate of drug-likeness (QED) is 0.156. The highest BCUT2D eigenvalue weighted by Gasteiger charge is 2.19. The SMILES string of the molecule is CCCCCCC(O)COc1c2ccc(C)cc2c(OCC(O)CCCCCC)c2ccc(C)cc12. The predicted molar refractivity (Wildman–Crippen MR) is 151 cm³/mol. The van der Waals surface area contributed by atoms with Crippen LogP contribution in [0.15, 0.2) is 36.4 Å². The number of rotatable bonds is 16. The first-order valence-corrected chi connectivity index (χ1v) is 14.0. The van der Waals surface area contributed by atoms with Crippen LogP contribution in [0.1, 0.15) is 89.2 Å². The fourth-order valence-electron chi connectivity index (χ4n) is 4.83. The number of aliphatic hydroxyl groups is 2. The van der Waals surface area contributed by atoms with Gasteiger partial charge in [-0.1, -0.05) is 101 Å². The summed E-state index contributed by atoms with van der Waals surface area (Å²) in [4.78, 5) is 0. The zero-order chi connectivity index (χ0) is 25.9. The van der Waals surface area contributed by atoms with E-state index >= 15 is 0 Å². The zero-order valence-electron chi connectivity index (χ0n) is 22.8. The highest BCUT2D eigenvalue weighted by molar-refractivity contribution is 6.11. The van der Waals surface area contributed by atoms with Crippen molar-refractivity contribution < 1.29 is 19.7 Å². The lowest BCUT2D eigenvalue weighted by molar-refractivity contribution is 0.0978. The van der Waals surface area contributed by atoms with E-state index in [-0.39, 0.29) is 13.2 Å². The molecule has 4 nitrogen and oxygen atoms in total. The summed E-state index contributed by atoms with van der Waals surface area (Å²) in [7, 11) is 0. The van der Waals surface area contributed by atoms with Crippen molar-refractivity contribution in [2.45, 2.75) is 104 Å². The molecule has 3 aromatic rings. The summed E-state index contributed by atoms with van der Waals surface area (Å²) in [5, 5.41) is 25.1. The summed E-state index contributed by atoms with van der Waals surface area (Å²) >= 11 is 0. The van der Waals surface area contributed by atoms with E-state index in [9.17, 15) is 10.2 Å². The number of ether oxygens (including phenoxy) is 2. The Labute approximate surface area is 217 Å². The van der Waals surface area contributed by atoms with Crippen molar-refractivity contribution >= 4 is 21.5 Å².